The molecule has 1 aromatic heterocycles. The van der Waals surface area contributed by atoms with Gasteiger partial charge in [-0.3, -0.25) is 4.79 Å². The SMILES string of the molecule is CCC1(C)NC(=O)N(c2ccc(Oc3ccc4c(c3)C(C)(C)OC4)nc2)C1=O. The summed E-state index contributed by atoms with van der Waals surface area (Å²) in [5, 5.41) is 2.73. The van der Waals surface area contributed by atoms with Gasteiger partial charge in [0.25, 0.3) is 5.91 Å². The highest BCUT2D eigenvalue weighted by atomic mass is 16.5. The number of carbonyl (C=O) groups excluding carboxylic acids is 2. The van der Waals surface area contributed by atoms with E-state index in [1.165, 1.54) is 6.20 Å². The fraction of sp³-hybridized carbons (Fsp3) is 0.381. The molecule has 2 aromatic rings. The van der Waals surface area contributed by atoms with Crippen molar-refractivity contribution in [2.75, 3.05) is 4.90 Å². The van der Waals surface area contributed by atoms with Gasteiger partial charge in [0.2, 0.25) is 5.88 Å². The van der Waals surface area contributed by atoms with Crippen LogP contribution in [-0.2, 0) is 21.7 Å². The molecule has 4 rings (SSSR count). The molecule has 1 N–H and O–H groups in total. The monoisotopic (exact) mass is 381 g/mol. The van der Waals surface area contributed by atoms with Crippen LogP contribution in [-0.4, -0.2) is 22.5 Å². The van der Waals surface area contributed by atoms with Gasteiger partial charge in [-0.2, -0.15) is 0 Å². The van der Waals surface area contributed by atoms with Gasteiger partial charge in [0.05, 0.1) is 24.1 Å². The third-order valence-corrected chi connectivity index (χ3v) is 5.49. The summed E-state index contributed by atoms with van der Waals surface area (Å²) in [6.45, 7) is 8.23. The van der Waals surface area contributed by atoms with Crippen LogP contribution < -0.4 is 15.0 Å². The van der Waals surface area contributed by atoms with E-state index in [9.17, 15) is 9.59 Å². The molecule has 3 amide bonds. The van der Waals surface area contributed by atoms with Gasteiger partial charge in [-0.1, -0.05) is 13.0 Å². The minimum absolute atomic E-state index is 0.281. The van der Waals surface area contributed by atoms with Crippen LogP contribution in [0.4, 0.5) is 10.5 Å². The number of aromatic nitrogens is 1. The molecular formula is C21H23N3O4. The van der Waals surface area contributed by atoms with Crippen LogP contribution in [0.3, 0.4) is 0 Å². The number of rotatable bonds is 4. The molecule has 0 radical (unpaired) electrons. The Hall–Kier alpha value is -2.93. The lowest BCUT2D eigenvalue weighted by molar-refractivity contribution is -0.121. The van der Waals surface area contributed by atoms with Crippen molar-refractivity contribution in [3.63, 3.8) is 0 Å². The number of hydrogen-bond acceptors (Lipinski definition) is 5. The Morgan fingerprint density at radius 3 is 2.64 bits per heavy atom. The first-order valence-electron chi connectivity index (χ1n) is 9.31. The Morgan fingerprint density at radius 1 is 1.21 bits per heavy atom. The molecule has 0 bridgehead atoms. The van der Waals surface area contributed by atoms with Gasteiger partial charge in [-0.05, 0) is 56.5 Å². The average molecular weight is 381 g/mol. The van der Waals surface area contributed by atoms with Crippen LogP contribution in [0.2, 0.25) is 0 Å². The summed E-state index contributed by atoms with van der Waals surface area (Å²) in [6.07, 6.45) is 1.98. The third-order valence-electron chi connectivity index (χ3n) is 5.49. The fourth-order valence-corrected chi connectivity index (χ4v) is 3.49. The maximum atomic E-state index is 12.6. The third kappa shape index (κ3) is 2.92. The summed E-state index contributed by atoms with van der Waals surface area (Å²) in [7, 11) is 0. The lowest BCUT2D eigenvalue weighted by Gasteiger charge is -2.19. The first kappa shape index (κ1) is 18.4. The number of imide groups is 1. The zero-order valence-corrected chi connectivity index (χ0v) is 16.4. The molecule has 28 heavy (non-hydrogen) atoms. The van der Waals surface area contributed by atoms with E-state index in [2.05, 4.69) is 10.3 Å². The number of hydrogen-bond donors (Lipinski definition) is 1. The molecule has 1 saturated heterocycles. The number of urea groups is 1. The topological polar surface area (TPSA) is 80.8 Å². The number of amides is 3. The smallest absolute Gasteiger partial charge is 0.329 e. The lowest BCUT2D eigenvalue weighted by atomic mass is 9.96. The molecule has 3 heterocycles. The standard InChI is InChI=1S/C21H23N3O4/c1-5-21(4)18(25)24(19(26)23-21)14-7-9-17(22-11-14)28-15-8-6-13-12-27-20(2,3)16(13)10-15/h6-11H,5,12H2,1-4H3,(H,23,26). The van der Waals surface area contributed by atoms with E-state index < -0.39 is 11.6 Å². The van der Waals surface area contributed by atoms with Crippen molar-refractivity contribution >= 4 is 17.6 Å². The number of anilines is 1. The molecule has 1 fully saturated rings. The molecule has 1 aromatic carbocycles. The highest BCUT2D eigenvalue weighted by Crippen LogP contribution is 2.38. The molecule has 2 aliphatic heterocycles. The van der Waals surface area contributed by atoms with E-state index in [1.807, 2.05) is 39.0 Å². The van der Waals surface area contributed by atoms with Crippen LogP contribution in [0.5, 0.6) is 11.6 Å². The summed E-state index contributed by atoms with van der Waals surface area (Å²) in [5.74, 6) is 0.758. The second kappa shape index (κ2) is 6.31. The van der Waals surface area contributed by atoms with Gasteiger partial charge in [0.15, 0.2) is 0 Å². The minimum atomic E-state index is -0.883. The van der Waals surface area contributed by atoms with Gasteiger partial charge in [-0.15, -0.1) is 0 Å². The van der Waals surface area contributed by atoms with E-state index in [0.717, 1.165) is 16.0 Å². The molecule has 0 spiro atoms. The Labute approximate surface area is 163 Å². The normalized spacial score (nSPS) is 22.9. The van der Waals surface area contributed by atoms with Crippen LogP contribution in [0.25, 0.3) is 0 Å². The summed E-state index contributed by atoms with van der Waals surface area (Å²) in [5.41, 5.74) is 1.43. The van der Waals surface area contributed by atoms with E-state index in [-0.39, 0.29) is 11.5 Å². The molecule has 1 unspecified atom stereocenters. The quantitative estimate of drug-likeness (QED) is 0.814. The summed E-state index contributed by atoms with van der Waals surface area (Å²) >= 11 is 0. The van der Waals surface area contributed by atoms with Crippen molar-refractivity contribution in [2.45, 2.75) is 51.9 Å². The first-order chi connectivity index (χ1) is 13.2. The molecule has 7 nitrogen and oxygen atoms in total. The zero-order chi connectivity index (χ0) is 20.1. The molecule has 1 atom stereocenters. The van der Waals surface area contributed by atoms with Crippen molar-refractivity contribution in [3.05, 3.63) is 47.7 Å². The maximum Gasteiger partial charge on any atom is 0.329 e. The number of nitrogens with zero attached hydrogens (tertiary/aromatic N) is 2. The van der Waals surface area contributed by atoms with Crippen molar-refractivity contribution in [2.24, 2.45) is 0 Å². The van der Waals surface area contributed by atoms with Crippen LogP contribution in [0, 0.1) is 0 Å². The summed E-state index contributed by atoms with van der Waals surface area (Å²) in [4.78, 5) is 30.2. The van der Waals surface area contributed by atoms with Gasteiger partial charge < -0.3 is 14.8 Å². The van der Waals surface area contributed by atoms with E-state index in [0.29, 0.717) is 30.3 Å². The van der Waals surface area contributed by atoms with Gasteiger partial charge in [0, 0.05) is 6.07 Å². The summed E-state index contributed by atoms with van der Waals surface area (Å²) in [6, 6.07) is 8.69. The number of nitrogens with one attached hydrogen (secondary N) is 1. The van der Waals surface area contributed by atoms with Crippen LogP contribution in [0.1, 0.15) is 45.2 Å². The van der Waals surface area contributed by atoms with Crippen molar-refractivity contribution in [3.8, 4) is 11.6 Å². The Balaban J connectivity index is 1.54. The first-order valence-corrected chi connectivity index (χ1v) is 9.31. The highest BCUT2D eigenvalue weighted by molar-refractivity contribution is 6.23. The second-order valence-corrected chi connectivity index (χ2v) is 7.83. The predicted octanol–water partition coefficient (Wildman–Crippen LogP) is 3.86. The lowest BCUT2D eigenvalue weighted by Crippen LogP contribution is -2.43. The number of carbonyl (C=O) groups is 2. The predicted molar refractivity (Wildman–Crippen MR) is 103 cm³/mol. The Kier molecular flexibility index (Phi) is 4.15. The maximum absolute atomic E-state index is 12.6. The van der Waals surface area contributed by atoms with Crippen molar-refractivity contribution in [1.29, 1.82) is 0 Å². The zero-order valence-electron chi connectivity index (χ0n) is 16.4. The number of fused-ring (bicyclic) bond motifs is 1. The van der Waals surface area contributed by atoms with E-state index in [1.54, 1.807) is 19.1 Å². The number of pyridine rings is 1. The molecule has 7 heteroatoms. The van der Waals surface area contributed by atoms with Gasteiger partial charge in [-0.25, -0.2) is 14.7 Å². The van der Waals surface area contributed by atoms with Gasteiger partial charge >= 0.3 is 6.03 Å². The Bertz CT molecular complexity index is 955. The van der Waals surface area contributed by atoms with E-state index in [4.69, 9.17) is 9.47 Å². The van der Waals surface area contributed by atoms with E-state index >= 15 is 0 Å². The largest absolute Gasteiger partial charge is 0.439 e. The minimum Gasteiger partial charge on any atom is -0.439 e. The molecule has 0 aliphatic carbocycles. The molecule has 0 saturated carbocycles. The fourth-order valence-electron chi connectivity index (χ4n) is 3.49. The second-order valence-electron chi connectivity index (χ2n) is 7.83. The average Bonchev–Trinajstić information content (AvgIpc) is 3.09. The van der Waals surface area contributed by atoms with Crippen molar-refractivity contribution in [1.82, 2.24) is 10.3 Å². The molecule has 2 aliphatic rings. The summed E-state index contributed by atoms with van der Waals surface area (Å²) < 4.78 is 11.6. The Morgan fingerprint density at radius 2 is 2.00 bits per heavy atom. The van der Waals surface area contributed by atoms with Crippen molar-refractivity contribution < 1.29 is 19.1 Å². The number of benzene rings is 1. The molecule has 146 valence electrons. The molecular weight excluding hydrogens is 358 g/mol. The van der Waals surface area contributed by atoms with Crippen LogP contribution in [0.15, 0.2) is 36.5 Å². The highest BCUT2D eigenvalue weighted by Gasteiger charge is 2.47. The van der Waals surface area contributed by atoms with Gasteiger partial charge in [0.1, 0.15) is 11.3 Å². The van der Waals surface area contributed by atoms with Crippen LogP contribution >= 0.6 is 0 Å². The number of ether oxygens (including phenoxy) is 2.